The third-order valence-electron chi connectivity index (χ3n) is 2.96. The highest BCUT2D eigenvalue weighted by Crippen LogP contribution is 2.27. The number of rotatable bonds is 4. The summed E-state index contributed by atoms with van der Waals surface area (Å²) in [4.78, 5) is 11.2. The fourth-order valence-electron chi connectivity index (χ4n) is 1.92. The number of alkyl halides is 1. The monoisotopic (exact) mass is 217 g/mol. The van der Waals surface area contributed by atoms with E-state index in [0.717, 1.165) is 25.7 Å². The summed E-state index contributed by atoms with van der Waals surface area (Å²) in [6.07, 6.45) is 3.78. The van der Waals surface area contributed by atoms with Gasteiger partial charge in [-0.15, -0.1) is 0 Å². The first-order chi connectivity index (χ1) is 6.91. The van der Waals surface area contributed by atoms with Crippen LogP contribution < -0.4 is 5.32 Å². The second kappa shape index (κ2) is 4.92. The Morgan fingerprint density at radius 1 is 1.53 bits per heavy atom. The number of nitrogens with one attached hydrogen (secondary N) is 1. The van der Waals surface area contributed by atoms with Gasteiger partial charge < -0.3 is 10.4 Å². The van der Waals surface area contributed by atoms with Gasteiger partial charge in [0.05, 0.1) is 6.10 Å². The molecule has 1 aliphatic carbocycles. The van der Waals surface area contributed by atoms with Crippen LogP contribution in [0.2, 0.25) is 0 Å². The Kier molecular flexibility index (Phi) is 4.08. The number of carbonyl (C=O) groups excluding carboxylic acids is 1. The van der Waals surface area contributed by atoms with Gasteiger partial charge in [-0.2, -0.15) is 0 Å². The van der Waals surface area contributed by atoms with Gasteiger partial charge in [0.2, 0.25) is 0 Å². The fourth-order valence-corrected chi connectivity index (χ4v) is 1.92. The van der Waals surface area contributed by atoms with E-state index in [0.29, 0.717) is 0 Å². The first-order valence-corrected chi connectivity index (χ1v) is 5.56. The molecule has 1 aliphatic rings. The molecule has 0 aromatic heterocycles. The van der Waals surface area contributed by atoms with Crippen LogP contribution in [0.4, 0.5) is 4.39 Å². The van der Waals surface area contributed by atoms with E-state index in [2.05, 4.69) is 5.32 Å². The smallest absolute Gasteiger partial charge is 0.257 e. The molecule has 0 spiro atoms. The van der Waals surface area contributed by atoms with Crippen LogP contribution in [0.15, 0.2) is 0 Å². The molecule has 0 aliphatic heterocycles. The summed E-state index contributed by atoms with van der Waals surface area (Å²) in [6, 6.07) is 0. The third kappa shape index (κ3) is 3.78. The normalized spacial score (nSPS) is 20.3. The van der Waals surface area contributed by atoms with Crippen LogP contribution in [0, 0.1) is 5.92 Å². The van der Waals surface area contributed by atoms with Crippen molar-refractivity contribution in [1.82, 2.24) is 5.32 Å². The molecule has 15 heavy (non-hydrogen) atoms. The molecule has 0 aromatic rings. The summed E-state index contributed by atoms with van der Waals surface area (Å²) in [7, 11) is 0. The van der Waals surface area contributed by atoms with E-state index < -0.39 is 17.7 Å². The first-order valence-electron chi connectivity index (χ1n) is 5.56. The van der Waals surface area contributed by atoms with Gasteiger partial charge >= 0.3 is 0 Å². The van der Waals surface area contributed by atoms with Crippen molar-refractivity contribution in [1.29, 1.82) is 0 Å². The number of hydrogen-bond donors (Lipinski definition) is 2. The number of halogens is 1. The van der Waals surface area contributed by atoms with E-state index in [4.69, 9.17) is 0 Å². The summed E-state index contributed by atoms with van der Waals surface area (Å²) in [5.41, 5.74) is -1.87. The summed E-state index contributed by atoms with van der Waals surface area (Å²) >= 11 is 0. The topological polar surface area (TPSA) is 49.3 Å². The molecular formula is C11H20FNO2. The Morgan fingerprint density at radius 3 is 2.53 bits per heavy atom. The summed E-state index contributed by atoms with van der Waals surface area (Å²) in [5, 5.41) is 12.2. The number of aliphatic hydroxyl groups is 1. The minimum Gasteiger partial charge on any atom is -0.391 e. The number of carbonyl (C=O) groups is 1. The summed E-state index contributed by atoms with van der Waals surface area (Å²) < 4.78 is 13.1. The lowest BCUT2D eigenvalue weighted by atomic mass is 10.0. The second-order valence-electron chi connectivity index (χ2n) is 4.79. The van der Waals surface area contributed by atoms with E-state index in [1.165, 1.54) is 13.8 Å². The Balaban J connectivity index is 2.27. The maximum absolute atomic E-state index is 13.1. The van der Waals surface area contributed by atoms with Gasteiger partial charge in [0.25, 0.3) is 5.91 Å². The molecule has 88 valence electrons. The van der Waals surface area contributed by atoms with Crippen molar-refractivity contribution in [2.45, 2.75) is 51.3 Å². The average Bonchev–Trinajstić information content (AvgIpc) is 2.64. The Hall–Kier alpha value is -0.640. The van der Waals surface area contributed by atoms with Crippen LogP contribution in [-0.4, -0.2) is 29.3 Å². The molecule has 1 saturated carbocycles. The van der Waals surface area contributed by atoms with Gasteiger partial charge in [-0.3, -0.25) is 4.79 Å². The zero-order chi connectivity index (χ0) is 11.5. The minimum absolute atomic E-state index is 0.164. The molecule has 0 aromatic carbocycles. The zero-order valence-electron chi connectivity index (χ0n) is 9.42. The minimum atomic E-state index is -1.87. The molecule has 0 heterocycles. The molecule has 4 heteroatoms. The van der Waals surface area contributed by atoms with Crippen molar-refractivity contribution in [3.8, 4) is 0 Å². The lowest BCUT2D eigenvalue weighted by Crippen LogP contribution is -2.43. The zero-order valence-corrected chi connectivity index (χ0v) is 9.42. The number of aliphatic hydroxyl groups excluding tert-OH is 1. The van der Waals surface area contributed by atoms with Gasteiger partial charge in [0, 0.05) is 6.54 Å². The average molecular weight is 217 g/mol. The molecule has 1 fully saturated rings. The SMILES string of the molecule is CC(C)(F)C(=O)NCC(O)C1CCCC1. The highest BCUT2D eigenvalue weighted by Gasteiger charge is 2.28. The van der Waals surface area contributed by atoms with E-state index in [1.54, 1.807) is 0 Å². The molecule has 0 bridgehead atoms. The molecule has 1 rings (SSSR count). The predicted octanol–water partition coefficient (Wildman–Crippen LogP) is 1.40. The van der Waals surface area contributed by atoms with Gasteiger partial charge in [0.1, 0.15) is 0 Å². The standard InChI is InChI=1S/C11H20FNO2/c1-11(2,12)10(15)13-7-9(14)8-5-3-4-6-8/h8-9,14H,3-7H2,1-2H3,(H,13,15). The summed E-state index contributed by atoms with van der Waals surface area (Å²) in [6.45, 7) is 2.59. The van der Waals surface area contributed by atoms with Gasteiger partial charge in [-0.05, 0) is 32.6 Å². The molecule has 0 radical (unpaired) electrons. The van der Waals surface area contributed by atoms with Crippen LogP contribution in [0.25, 0.3) is 0 Å². The van der Waals surface area contributed by atoms with Crippen molar-refractivity contribution in [3.05, 3.63) is 0 Å². The Labute approximate surface area is 90.1 Å². The summed E-state index contributed by atoms with van der Waals surface area (Å²) in [5.74, 6) is -0.382. The lowest BCUT2D eigenvalue weighted by Gasteiger charge is -2.20. The number of amides is 1. The predicted molar refractivity (Wildman–Crippen MR) is 56.2 cm³/mol. The highest BCUT2D eigenvalue weighted by atomic mass is 19.1. The van der Waals surface area contributed by atoms with E-state index in [9.17, 15) is 14.3 Å². The number of hydrogen-bond acceptors (Lipinski definition) is 2. The lowest BCUT2D eigenvalue weighted by molar-refractivity contribution is -0.131. The van der Waals surface area contributed by atoms with Gasteiger partial charge in [-0.1, -0.05) is 12.8 Å². The Bertz CT molecular complexity index is 219. The van der Waals surface area contributed by atoms with Crippen LogP contribution in [0.1, 0.15) is 39.5 Å². The van der Waals surface area contributed by atoms with Crippen LogP contribution in [0.5, 0.6) is 0 Å². The molecular weight excluding hydrogens is 197 g/mol. The van der Waals surface area contributed by atoms with E-state index in [1.807, 2.05) is 0 Å². The van der Waals surface area contributed by atoms with Crippen molar-refractivity contribution < 1.29 is 14.3 Å². The first kappa shape index (κ1) is 12.4. The highest BCUT2D eigenvalue weighted by molar-refractivity contribution is 5.84. The van der Waals surface area contributed by atoms with Gasteiger partial charge in [-0.25, -0.2) is 4.39 Å². The van der Waals surface area contributed by atoms with Crippen molar-refractivity contribution in [2.24, 2.45) is 5.92 Å². The Morgan fingerprint density at radius 2 is 2.07 bits per heavy atom. The molecule has 2 N–H and O–H groups in total. The van der Waals surface area contributed by atoms with E-state index in [-0.39, 0.29) is 12.5 Å². The van der Waals surface area contributed by atoms with Crippen molar-refractivity contribution >= 4 is 5.91 Å². The van der Waals surface area contributed by atoms with Crippen molar-refractivity contribution in [3.63, 3.8) is 0 Å². The van der Waals surface area contributed by atoms with Crippen LogP contribution in [0.3, 0.4) is 0 Å². The maximum Gasteiger partial charge on any atom is 0.257 e. The van der Waals surface area contributed by atoms with Crippen molar-refractivity contribution in [2.75, 3.05) is 6.54 Å². The maximum atomic E-state index is 13.1. The molecule has 0 saturated heterocycles. The third-order valence-corrected chi connectivity index (χ3v) is 2.96. The van der Waals surface area contributed by atoms with Gasteiger partial charge in [0.15, 0.2) is 5.67 Å². The van der Waals surface area contributed by atoms with E-state index >= 15 is 0 Å². The largest absolute Gasteiger partial charge is 0.391 e. The molecule has 3 nitrogen and oxygen atoms in total. The molecule has 1 amide bonds. The fraction of sp³-hybridized carbons (Fsp3) is 0.909. The molecule has 1 unspecified atom stereocenters. The van der Waals surface area contributed by atoms with Crippen LogP contribution in [-0.2, 0) is 4.79 Å². The molecule has 1 atom stereocenters. The van der Waals surface area contributed by atoms with Crippen LogP contribution >= 0.6 is 0 Å². The quantitative estimate of drug-likeness (QED) is 0.748. The second-order valence-corrected chi connectivity index (χ2v) is 4.79.